The van der Waals surface area contributed by atoms with E-state index in [0.29, 0.717) is 36.6 Å². The average molecular weight is 410 g/mol. The van der Waals surface area contributed by atoms with Gasteiger partial charge in [0.2, 0.25) is 5.91 Å². The van der Waals surface area contributed by atoms with Gasteiger partial charge in [-0.2, -0.15) is 0 Å². The molecule has 5 nitrogen and oxygen atoms in total. The molecule has 0 aliphatic rings. The zero-order valence-corrected chi connectivity index (χ0v) is 16.1. The van der Waals surface area contributed by atoms with Crippen LogP contribution in [0, 0.1) is 11.6 Å². The molecule has 3 aromatic rings. The highest BCUT2D eigenvalue weighted by Gasteiger charge is 2.05. The second kappa shape index (κ2) is 10.7. The highest BCUT2D eigenvalue weighted by Crippen LogP contribution is 2.24. The number of ether oxygens (including phenoxy) is 2. The third-order valence-electron chi connectivity index (χ3n) is 3.95. The van der Waals surface area contributed by atoms with Crippen molar-refractivity contribution in [2.45, 2.75) is 6.42 Å². The topological polar surface area (TPSA) is 60.5 Å². The zero-order chi connectivity index (χ0) is 21.2. The smallest absolute Gasteiger partial charge is 0.244 e. The fourth-order valence-electron chi connectivity index (χ4n) is 2.47. The van der Waals surface area contributed by atoms with E-state index in [4.69, 9.17) is 9.47 Å². The van der Waals surface area contributed by atoms with Gasteiger partial charge < -0.3 is 14.8 Å². The van der Waals surface area contributed by atoms with Gasteiger partial charge in [0.15, 0.2) is 11.6 Å². The van der Waals surface area contributed by atoms with Crippen molar-refractivity contribution in [2.24, 2.45) is 0 Å². The molecule has 1 aromatic heterocycles. The molecule has 0 fully saturated rings. The molecule has 1 heterocycles. The van der Waals surface area contributed by atoms with E-state index in [1.54, 1.807) is 36.5 Å². The molecule has 0 saturated carbocycles. The molecule has 0 bridgehead atoms. The minimum Gasteiger partial charge on any atom is -0.494 e. The third kappa shape index (κ3) is 6.70. The van der Waals surface area contributed by atoms with E-state index < -0.39 is 5.82 Å². The number of aromatic nitrogens is 1. The molecule has 0 unspecified atom stereocenters. The summed E-state index contributed by atoms with van der Waals surface area (Å²) < 4.78 is 37.9. The van der Waals surface area contributed by atoms with E-state index in [0.717, 1.165) is 0 Å². The Balaban J connectivity index is 1.40. The largest absolute Gasteiger partial charge is 0.494 e. The fraction of sp³-hybridized carbons (Fsp3) is 0.130. The maximum absolute atomic E-state index is 14.2. The van der Waals surface area contributed by atoms with Crippen LogP contribution in [0.25, 0.3) is 6.08 Å². The molecule has 1 N–H and O–H groups in total. The number of nitrogens with one attached hydrogen (secondary N) is 1. The van der Waals surface area contributed by atoms with Gasteiger partial charge in [0.25, 0.3) is 0 Å². The average Bonchev–Trinajstić information content (AvgIpc) is 2.76. The molecule has 154 valence electrons. The van der Waals surface area contributed by atoms with E-state index in [9.17, 15) is 13.6 Å². The molecule has 0 atom stereocenters. The van der Waals surface area contributed by atoms with Gasteiger partial charge >= 0.3 is 0 Å². The van der Waals surface area contributed by atoms with Gasteiger partial charge in [0.05, 0.1) is 12.8 Å². The standard InChI is InChI=1S/C23H20F2N2O3/c24-18-6-8-19(9-7-18)29-14-2-13-27-23(28)11-5-17-4-10-22(21(25)15-17)30-20-3-1-12-26-16-20/h1,3-12,15-16H,2,13-14H2,(H,27,28)/b11-5+. The predicted octanol–water partition coefficient (Wildman–Crippen LogP) is 4.75. The Morgan fingerprint density at radius 1 is 1.07 bits per heavy atom. The number of pyridine rings is 1. The SMILES string of the molecule is O=C(/C=C/c1ccc(Oc2cccnc2)c(F)c1)NCCCOc1ccc(F)cc1. The number of carbonyl (C=O) groups is 1. The molecule has 2 aromatic carbocycles. The number of carbonyl (C=O) groups excluding carboxylic acids is 1. The minimum absolute atomic E-state index is 0.0748. The Bertz CT molecular complexity index is 993. The molecule has 0 aliphatic heterocycles. The second-order valence-electron chi connectivity index (χ2n) is 6.26. The zero-order valence-electron chi connectivity index (χ0n) is 16.1. The molecule has 0 radical (unpaired) electrons. The molecule has 0 aliphatic carbocycles. The number of halogens is 2. The molecule has 1 amide bonds. The third-order valence-corrected chi connectivity index (χ3v) is 3.95. The summed E-state index contributed by atoms with van der Waals surface area (Å²) in [5, 5.41) is 2.72. The van der Waals surface area contributed by atoms with Crippen molar-refractivity contribution >= 4 is 12.0 Å². The molecule has 3 rings (SSSR count). The maximum Gasteiger partial charge on any atom is 0.244 e. The Labute approximate surface area is 173 Å². The summed E-state index contributed by atoms with van der Waals surface area (Å²) in [4.78, 5) is 15.8. The van der Waals surface area contributed by atoms with E-state index >= 15 is 0 Å². The lowest BCUT2D eigenvalue weighted by Gasteiger charge is -2.07. The van der Waals surface area contributed by atoms with E-state index in [-0.39, 0.29) is 17.5 Å². The van der Waals surface area contributed by atoms with Crippen LogP contribution >= 0.6 is 0 Å². The highest BCUT2D eigenvalue weighted by atomic mass is 19.1. The van der Waals surface area contributed by atoms with Crippen LogP contribution in [0.4, 0.5) is 8.78 Å². The van der Waals surface area contributed by atoms with Crippen LogP contribution in [0.2, 0.25) is 0 Å². The van der Waals surface area contributed by atoms with Gasteiger partial charge in [-0.15, -0.1) is 0 Å². The molecule has 0 spiro atoms. The van der Waals surface area contributed by atoms with Crippen molar-refractivity contribution in [3.05, 3.63) is 90.3 Å². The van der Waals surface area contributed by atoms with E-state index in [1.807, 2.05) is 0 Å². The lowest BCUT2D eigenvalue weighted by atomic mass is 10.2. The van der Waals surface area contributed by atoms with Crippen LogP contribution in [-0.2, 0) is 4.79 Å². The predicted molar refractivity (Wildman–Crippen MR) is 109 cm³/mol. The number of benzene rings is 2. The Hall–Kier alpha value is -3.74. The lowest BCUT2D eigenvalue weighted by molar-refractivity contribution is -0.116. The summed E-state index contributed by atoms with van der Waals surface area (Å²) in [7, 11) is 0. The highest BCUT2D eigenvalue weighted by molar-refractivity contribution is 5.91. The second-order valence-corrected chi connectivity index (χ2v) is 6.26. The van der Waals surface area contributed by atoms with Gasteiger partial charge in [-0.05, 0) is 66.6 Å². The van der Waals surface area contributed by atoms with Crippen molar-refractivity contribution in [1.29, 1.82) is 0 Å². The minimum atomic E-state index is -0.542. The Morgan fingerprint density at radius 3 is 2.63 bits per heavy atom. The van der Waals surface area contributed by atoms with Crippen LogP contribution in [0.1, 0.15) is 12.0 Å². The number of nitrogens with zero attached hydrogens (tertiary/aromatic N) is 1. The van der Waals surface area contributed by atoms with E-state index in [2.05, 4.69) is 10.3 Å². The van der Waals surface area contributed by atoms with Gasteiger partial charge in [0, 0.05) is 18.8 Å². The molecular formula is C23H20F2N2O3. The molecule has 30 heavy (non-hydrogen) atoms. The number of hydrogen-bond acceptors (Lipinski definition) is 4. The van der Waals surface area contributed by atoms with Crippen LogP contribution < -0.4 is 14.8 Å². The number of hydrogen-bond donors (Lipinski definition) is 1. The fourth-order valence-corrected chi connectivity index (χ4v) is 2.47. The summed E-state index contributed by atoms with van der Waals surface area (Å²) in [6.07, 6.45) is 6.52. The first-order valence-electron chi connectivity index (χ1n) is 9.32. The summed E-state index contributed by atoms with van der Waals surface area (Å²) in [5.41, 5.74) is 0.529. The molecule has 0 saturated heterocycles. The monoisotopic (exact) mass is 410 g/mol. The number of rotatable bonds is 9. The van der Waals surface area contributed by atoms with Crippen LogP contribution in [0.15, 0.2) is 73.1 Å². The van der Waals surface area contributed by atoms with Crippen molar-refractivity contribution < 1.29 is 23.0 Å². The lowest BCUT2D eigenvalue weighted by Crippen LogP contribution is -2.23. The quantitative estimate of drug-likeness (QED) is 0.409. The Morgan fingerprint density at radius 2 is 1.90 bits per heavy atom. The normalized spacial score (nSPS) is 10.7. The van der Waals surface area contributed by atoms with E-state index in [1.165, 1.54) is 42.6 Å². The summed E-state index contributed by atoms with van der Waals surface area (Å²) in [6.45, 7) is 0.801. The van der Waals surface area contributed by atoms with Gasteiger partial charge in [-0.3, -0.25) is 9.78 Å². The first kappa shape index (κ1) is 21.0. The van der Waals surface area contributed by atoms with Crippen LogP contribution in [0.3, 0.4) is 0 Å². The van der Waals surface area contributed by atoms with Crippen LogP contribution in [0.5, 0.6) is 17.2 Å². The summed E-state index contributed by atoms with van der Waals surface area (Å²) in [6, 6.07) is 13.5. The van der Waals surface area contributed by atoms with Gasteiger partial charge in [-0.25, -0.2) is 8.78 Å². The number of amides is 1. The summed E-state index contributed by atoms with van der Waals surface area (Å²) in [5.74, 6) is -0.0852. The van der Waals surface area contributed by atoms with Gasteiger partial charge in [0.1, 0.15) is 17.3 Å². The van der Waals surface area contributed by atoms with Crippen molar-refractivity contribution in [3.63, 3.8) is 0 Å². The Kier molecular flexibility index (Phi) is 7.49. The van der Waals surface area contributed by atoms with Crippen molar-refractivity contribution in [1.82, 2.24) is 10.3 Å². The first-order chi connectivity index (χ1) is 14.6. The van der Waals surface area contributed by atoms with Crippen molar-refractivity contribution in [3.8, 4) is 17.2 Å². The molecule has 7 heteroatoms. The van der Waals surface area contributed by atoms with Crippen LogP contribution in [-0.4, -0.2) is 24.0 Å². The van der Waals surface area contributed by atoms with Gasteiger partial charge in [-0.1, -0.05) is 6.07 Å². The first-order valence-corrected chi connectivity index (χ1v) is 9.32. The molecular weight excluding hydrogens is 390 g/mol. The van der Waals surface area contributed by atoms with Crippen molar-refractivity contribution in [2.75, 3.05) is 13.2 Å². The summed E-state index contributed by atoms with van der Waals surface area (Å²) >= 11 is 0. The maximum atomic E-state index is 14.2.